The molecule has 0 amide bonds. The Kier molecular flexibility index (Phi) is 5.31. The molecule has 19 heavy (non-hydrogen) atoms. The summed E-state index contributed by atoms with van der Waals surface area (Å²) in [5, 5.41) is 9.11. The third kappa shape index (κ3) is 3.53. The lowest BCUT2D eigenvalue weighted by Gasteiger charge is -2.44. The predicted octanol–water partition coefficient (Wildman–Crippen LogP) is 1.71. The maximum Gasteiger partial charge on any atom is 0.0514 e. The molecule has 1 fully saturated rings. The SMILES string of the molecule is CC(N)C(c1cccnc1)N(CCCO)C1CCC1. The Hall–Kier alpha value is -0.970. The van der Waals surface area contributed by atoms with Crippen molar-refractivity contribution in [1.29, 1.82) is 0 Å². The Balaban J connectivity index is 2.18. The van der Waals surface area contributed by atoms with Crippen molar-refractivity contribution < 1.29 is 5.11 Å². The van der Waals surface area contributed by atoms with E-state index in [1.54, 1.807) is 6.20 Å². The maximum absolute atomic E-state index is 9.11. The highest BCUT2D eigenvalue weighted by atomic mass is 16.3. The van der Waals surface area contributed by atoms with Crippen LogP contribution in [-0.4, -0.2) is 40.2 Å². The van der Waals surface area contributed by atoms with E-state index in [1.807, 2.05) is 12.3 Å². The van der Waals surface area contributed by atoms with Crippen molar-refractivity contribution in [3.8, 4) is 0 Å². The highest BCUT2D eigenvalue weighted by Crippen LogP contribution is 2.33. The first-order valence-electron chi connectivity index (χ1n) is 7.26. The van der Waals surface area contributed by atoms with Crippen molar-refractivity contribution in [1.82, 2.24) is 9.88 Å². The van der Waals surface area contributed by atoms with Crippen LogP contribution in [0.25, 0.3) is 0 Å². The summed E-state index contributed by atoms with van der Waals surface area (Å²) in [6.45, 7) is 3.20. The maximum atomic E-state index is 9.11. The molecule has 2 rings (SSSR count). The summed E-state index contributed by atoms with van der Waals surface area (Å²) in [6, 6.07) is 4.94. The lowest BCUT2D eigenvalue weighted by Crippen LogP contribution is -2.48. The van der Waals surface area contributed by atoms with E-state index in [1.165, 1.54) is 24.8 Å². The molecule has 1 aromatic rings. The van der Waals surface area contributed by atoms with Gasteiger partial charge in [-0.2, -0.15) is 0 Å². The van der Waals surface area contributed by atoms with Crippen molar-refractivity contribution in [3.05, 3.63) is 30.1 Å². The second kappa shape index (κ2) is 6.98. The van der Waals surface area contributed by atoms with Crippen LogP contribution in [0.5, 0.6) is 0 Å². The standard InChI is InChI=1S/C15H25N3O/c1-12(16)15(13-5-3-8-17-11-13)18(9-4-10-19)14-6-2-7-14/h3,5,8,11-12,14-15,19H,2,4,6-7,9-10,16H2,1H3. The minimum absolute atomic E-state index is 0.0588. The number of hydrogen-bond acceptors (Lipinski definition) is 4. The molecule has 0 saturated heterocycles. The van der Waals surface area contributed by atoms with Gasteiger partial charge in [0, 0.05) is 37.6 Å². The molecule has 4 heteroatoms. The molecule has 2 atom stereocenters. The van der Waals surface area contributed by atoms with Crippen molar-refractivity contribution >= 4 is 0 Å². The fraction of sp³-hybridized carbons (Fsp3) is 0.667. The fourth-order valence-corrected chi connectivity index (χ4v) is 2.87. The average Bonchev–Trinajstić information content (AvgIpc) is 2.34. The van der Waals surface area contributed by atoms with Crippen LogP contribution in [0.4, 0.5) is 0 Å². The molecule has 0 aromatic carbocycles. The monoisotopic (exact) mass is 263 g/mol. The van der Waals surface area contributed by atoms with Gasteiger partial charge in [-0.05, 0) is 37.8 Å². The topological polar surface area (TPSA) is 62.4 Å². The first kappa shape index (κ1) is 14.4. The minimum Gasteiger partial charge on any atom is -0.396 e. The Morgan fingerprint density at radius 2 is 2.32 bits per heavy atom. The zero-order chi connectivity index (χ0) is 13.7. The zero-order valence-corrected chi connectivity index (χ0v) is 11.7. The fourth-order valence-electron chi connectivity index (χ4n) is 2.87. The number of rotatable bonds is 7. The lowest BCUT2D eigenvalue weighted by molar-refractivity contribution is 0.0611. The molecule has 4 nitrogen and oxygen atoms in total. The van der Waals surface area contributed by atoms with Gasteiger partial charge in [-0.15, -0.1) is 0 Å². The number of nitrogens with two attached hydrogens (primary N) is 1. The largest absolute Gasteiger partial charge is 0.396 e. The summed E-state index contributed by atoms with van der Waals surface area (Å²) in [6.07, 6.45) is 8.31. The number of aliphatic hydroxyl groups is 1. The van der Waals surface area contributed by atoms with Crippen molar-refractivity contribution in [2.45, 2.75) is 50.7 Å². The molecule has 0 radical (unpaired) electrons. The van der Waals surface area contributed by atoms with E-state index in [2.05, 4.69) is 22.9 Å². The molecular weight excluding hydrogens is 238 g/mol. The predicted molar refractivity (Wildman–Crippen MR) is 76.7 cm³/mol. The normalized spacial score (nSPS) is 19.2. The van der Waals surface area contributed by atoms with Crippen LogP contribution in [0.3, 0.4) is 0 Å². The van der Waals surface area contributed by atoms with Crippen molar-refractivity contribution in [2.24, 2.45) is 5.73 Å². The van der Waals surface area contributed by atoms with E-state index in [4.69, 9.17) is 10.8 Å². The van der Waals surface area contributed by atoms with E-state index in [-0.39, 0.29) is 18.7 Å². The molecule has 3 N–H and O–H groups in total. The lowest BCUT2D eigenvalue weighted by atomic mass is 9.87. The summed E-state index contributed by atoms with van der Waals surface area (Å²) in [4.78, 5) is 6.70. The van der Waals surface area contributed by atoms with Crippen LogP contribution in [0.1, 0.15) is 44.2 Å². The van der Waals surface area contributed by atoms with Crippen LogP contribution in [0, 0.1) is 0 Å². The van der Waals surface area contributed by atoms with Gasteiger partial charge in [-0.25, -0.2) is 0 Å². The molecule has 1 aliphatic carbocycles. The third-order valence-corrected chi connectivity index (χ3v) is 4.00. The van der Waals surface area contributed by atoms with Crippen LogP contribution in [0.2, 0.25) is 0 Å². The second-order valence-electron chi connectivity index (χ2n) is 5.49. The van der Waals surface area contributed by atoms with Crippen LogP contribution in [-0.2, 0) is 0 Å². The summed E-state index contributed by atoms with van der Waals surface area (Å²) in [5.41, 5.74) is 7.41. The van der Waals surface area contributed by atoms with E-state index in [9.17, 15) is 0 Å². The summed E-state index contributed by atoms with van der Waals surface area (Å²) < 4.78 is 0. The summed E-state index contributed by atoms with van der Waals surface area (Å²) in [7, 11) is 0. The average molecular weight is 263 g/mol. The van der Waals surface area contributed by atoms with Crippen molar-refractivity contribution in [2.75, 3.05) is 13.2 Å². The summed E-state index contributed by atoms with van der Waals surface area (Å²) >= 11 is 0. The molecule has 106 valence electrons. The third-order valence-electron chi connectivity index (χ3n) is 4.00. The summed E-state index contributed by atoms with van der Waals surface area (Å²) in [5.74, 6) is 0. The minimum atomic E-state index is 0.0588. The van der Waals surface area contributed by atoms with Crippen LogP contribution < -0.4 is 5.73 Å². The first-order chi connectivity index (χ1) is 9.24. The number of aliphatic hydroxyl groups excluding tert-OH is 1. The van der Waals surface area contributed by atoms with Gasteiger partial charge in [0.05, 0.1) is 6.04 Å². The quantitative estimate of drug-likeness (QED) is 0.786. The Labute approximate surface area is 115 Å². The van der Waals surface area contributed by atoms with E-state index < -0.39 is 0 Å². The van der Waals surface area contributed by atoms with Gasteiger partial charge in [0.2, 0.25) is 0 Å². The highest BCUT2D eigenvalue weighted by molar-refractivity contribution is 5.16. The van der Waals surface area contributed by atoms with Gasteiger partial charge in [0.15, 0.2) is 0 Å². The number of pyridine rings is 1. The zero-order valence-electron chi connectivity index (χ0n) is 11.7. The van der Waals surface area contributed by atoms with E-state index in [0.717, 1.165) is 13.0 Å². The number of hydrogen-bond donors (Lipinski definition) is 2. The van der Waals surface area contributed by atoms with Gasteiger partial charge in [-0.3, -0.25) is 9.88 Å². The molecule has 2 unspecified atom stereocenters. The van der Waals surface area contributed by atoms with Gasteiger partial charge >= 0.3 is 0 Å². The van der Waals surface area contributed by atoms with E-state index >= 15 is 0 Å². The van der Waals surface area contributed by atoms with Crippen molar-refractivity contribution in [3.63, 3.8) is 0 Å². The molecule has 0 bridgehead atoms. The van der Waals surface area contributed by atoms with Gasteiger partial charge in [0.25, 0.3) is 0 Å². The van der Waals surface area contributed by atoms with Crippen LogP contribution >= 0.6 is 0 Å². The smallest absolute Gasteiger partial charge is 0.0514 e. The van der Waals surface area contributed by atoms with Gasteiger partial charge in [0.1, 0.15) is 0 Å². The first-order valence-corrected chi connectivity index (χ1v) is 7.26. The van der Waals surface area contributed by atoms with Gasteiger partial charge in [-0.1, -0.05) is 12.5 Å². The second-order valence-corrected chi connectivity index (χ2v) is 5.49. The van der Waals surface area contributed by atoms with Gasteiger partial charge < -0.3 is 10.8 Å². The highest BCUT2D eigenvalue weighted by Gasteiger charge is 2.32. The molecule has 0 aliphatic heterocycles. The molecule has 1 aliphatic rings. The van der Waals surface area contributed by atoms with E-state index in [0.29, 0.717) is 6.04 Å². The molecular formula is C15H25N3O. The molecule has 1 saturated carbocycles. The molecule has 0 spiro atoms. The Morgan fingerprint density at radius 1 is 1.53 bits per heavy atom. The number of aromatic nitrogens is 1. The Bertz CT molecular complexity index is 365. The van der Waals surface area contributed by atoms with Crippen LogP contribution in [0.15, 0.2) is 24.5 Å². The number of nitrogens with zero attached hydrogens (tertiary/aromatic N) is 2. The Morgan fingerprint density at radius 3 is 2.79 bits per heavy atom. The molecule has 1 heterocycles. The molecule has 1 aromatic heterocycles.